The third-order valence-electron chi connectivity index (χ3n) is 6.71. The van der Waals surface area contributed by atoms with Gasteiger partial charge in [0.25, 0.3) is 5.91 Å². The Morgan fingerprint density at radius 3 is 2.50 bits per heavy atom. The molecule has 0 unspecified atom stereocenters. The van der Waals surface area contributed by atoms with Gasteiger partial charge in [-0.25, -0.2) is 15.0 Å². The largest absolute Gasteiger partial charge is 0.497 e. The van der Waals surface area contributed by atoms with Gasteiger partial charge in [0.05, 0.1) is 35.5 Å². The van der Waals surface area contributed by atoms with E-state index in [2.05, 4.69) is 20.0 Å². The van der Waals surface area contributed by atoms with Crippen LogP contribution in [0.15, 0.2) is 67.1 Å². The van der Waals surface area contributed by atoms with E-state index in [0.717, 1.165) is 44.8 Å². The smallest absolute Gasteiger partial charge is 0.254 e. The van der Waals surface area contributed by atoms with E-state index in [-0.39, 0.29) is 5.91 Å². The van der Waals surface area contributed by atoms with Crippen LogP contribution in [0.4, 0.5) is 5.82 Å². The first-order valence-corrected chi connectivity index (χ1v) is 11.8. The van der Waals surface area contributed by atoms with E-state index in [9.17, 15) is 4.79 Å². The standard InChI is InChI=1S/C27H25N7O2/c1-32-25-22(16-30-32)26(29-17-28-25)33-11-13-34(14-12-33)27(35)21-15-24(18-7-9-19(36-2)10-8-18)31-23-6-4-3-5-20(21)23/h3-10,15-17H,11-14H2,1-2H3. The van der Waals surface area contributed by atoms with Gasteiger partial charge in [0, 0.05) is 44.2 Å². The highest BCUT2D eigenvalue weighted by Crippen LogP contribution is 2.28. The van der Waals surface area contributed by atoms with E-state index in [1.807, 2.05) is 66.5 Å². The van der Waals surface area contributed by atoms with Gasteiger partial charge in [0.15, 0.2) is 5.65 Å². The second-order valence-electron chi connectivity index (χ2n) is 8.78. The molecule has 0 atom stereocenters. The molecular formula is C27H25N7O2. The minimum absolute atomic E-state index is 0.0113. The molecule has 5 aromatic rings. The maximum Gasteiger partial charge on any atom is 0.254 e. The number of aromatic nitrogens is 5. The number of hydrogen-bond donors (Lipinski definition) is 0. The zero-order chi connectivity index (χ0) is 24.6. The van der Waals surface area contributed by atoms with Crippen molar-refractivity contribution in [3.8, 4) is 17.0 Å². The van der Waals surface area contributed by atoms with Crippen LogP contribution < -0.4 is 9.64 Å². The first-order valence-electron chi connectivity index (χ1n) is 11.8. The van der Waals surface area contributed by atoms with Gasteiger partial charge in [0.1, 0.15) is 17.9 Å². The zero-order valence-corrected chi connectivity index (χ0v) is 20.1. The third-order valence-corrected chi connectivity index (χ3v) is 6.71. The summed E-state index contributed by atoms with van der Waals surface area (Å²) < 4.78 is 7.03. The number of benzene rings is 2. The minimum Gasteiger partial charge on any atom is -0.497 e. The highest BCUT2D eigenvalue weighted by Gasteiger charge is 2.26. The third kappa shape index (κ3) is 3.78. The molecule has 0 N–H and O–H groups in total. The Kier molecular flexibility index (Phi) is 5.44. The molecule has 180 valence electrons. The molecule has 4 heterocycles. The zero-order valence-electron chi connectivity index (χ0n) is 20.1. The summed E-state index contributed by atoms with van der Waals surface area (Å²) in [6, 6.07) is 17.4. The molecule has 3 aromatic heterocycles. The van der Waals surface area contributed by atoms with Crippen molar-refractivity contribution in [2.75, 3.05) is 38.2 Å². The summed E-state index contributed by atoms with van der Waals surface area (Å²) >= 11 is 0. The van der Waals surface area contributed by atoms with Gasteiger partial charge >= 0.3 is 0 Å². The number of anilines is 1. The van der Waals surface area contributed by atoms with Gasteiger partial charge in [-0.1, -0.05) is 18.2 Å². The van der Waals surface area contributed by atoms with E-state index < -0.39 is 0 Å². The van der Waals surface area contributed by atoms with Crippen LogP contribution in [-0.2, 0) is 7.05 Å². The Morgan fingerprint density at radius 1 is 0.944 bits per heavy atom. The average Bonchev–Trinajstić information content (AvgIpc) is 3.33. The summed E-state index contributed by atoms with van der Waals surface area (Å²) in [5.41, 5.74) is 3.96. The first kappa shape index (κ1) is 22.0. The summed E-state index contributed by atoms with van der Waals surface area (Å²) in [5.74, 6) is 1.65. The number of methoxy groups -OCH3 is 1. The maximum absolute atomic E-state index is 13.8. The van der Waals surface area contributed by atoms with Crippen molar-refractivity contribution in [3.05, 3.63) is 72.7 Å². The van der Waals surface area contributed by atoms with Gasteiger partial charge in [-0.15, -0.1) is 0 Å². The number of carbonyl (C=O) groups is 1. The molecule has 6 rings (SSSR count). The molecular weight excluding hydrogens is 454 g/mol. The van der Waals surface area contributed by atoms with E-state index in [4.69, 9.17) is 9.72 Å². The van der Waals surface area contributed by atoms with Crippen molar-refractivity contribution >= 4 is 33.7 Å². The fourth-order valence-corrected chi connectivity index (χ4v) is 4.76. The summed E-state index contributed by atoms with van der Waals surface area (Å²) in [5, 5.41) is 6.09. The molecule has 2 aromatic carbocycles. The Hall–Kier alpha value is -4.53. The van der Waals surface area contributed by atoms with Gasteiger partial charge in [-0.3, -0.25) is 9.48 Å². The van der Waals surface area contributed by atoms with Crippen LogP contribution in [0.2, 0.25) is 0 Å². The summed E-state index contributed by atoms with van der Waals surface area (Å²) in [7, 11) is 3.51. The minimum atomic E-state index is 0.0113. The molecule has 1 amide bonds. The number of rotatable bonds is 4. The lowest BCUT2D eigenvalue weighted by Gasteiger charge is -2.35. The van der Waals surface area contributed by atoms with E-state index in [1.54, 1.807) is 24.3 Å². The molecule has 1 aliphatic rings. The molecule has 9 heteroatoms. The lowest BCUT2D eigenvalue weighted by atomic mass is 10.0. The lowest BCUT2D eigenvalue weighted by molar-refractivity contribution is 0.0748. The second-order valence-corrected chi connectivity index (χ2v) is 8.78. The number of carbonyl (C=O) groups excluding carboxylic acids is 1. The SMILES string of the molecule is COc1ccc(-c2cc(C(=O)N3CCN(c4ncnc5c4cnn5C)CC3)c3ccccc3n2)cc1. The molecule has 1 fully saturated rings. The number of nitrogens with zero attached hydrogens (tertiary/aromatic N) is 7. The van der Waals surface area contributed by atoms with E-state index >= 15 is 0 Å². The molecule has 0 radical (unpaired) electrons. The summed E-state index contributed by atoms with van der Waals surface area (Å²) in [6.45, 7) is 2.56. The normalized spacial score (nSPS) is 13.9. The number of piperazine rings is 1. The van der Waals surface area contributed by atoms with Crippen molar-refractivity contribution in [1.29, 1.82) is 0 Å². The monoisotopic (exact) mass is 479 g/mol. The lowest BCUT2D eigenvalue weighted by Crippen LogP contribution is -2.49. The summed E-state index contributed by atoms with van der Waals surface area (Å²) in [6.07, 6.45) is 3.37. The predicted octanol–water partition coefficient (Wildman–Crippen LogP) is 3.55. The highest BCUT2D eigenvalue weighted by atomic mass is 16.5. The van der Waals surface area contributed by atoms with Crippen LogP contribution >= 0.6 is 0 Å². The first-order chi connectivity index (χ1) is 17.6. The highest BCUT2D eigenvalue weighted by molar-refractivity contribution is 6.07. The number of amides is 1. The Morgan fingerprint density at radius 2 is 1.72 bits per heavy atom. The van der Waals surface area contributed by atoms with Crippen LogP contribution in [0, 0.1) is 0 Å². The molecule has 0 bridgehead atoms. The fourth-order valence-electron chi connectivity index (χ4n) is 4.76. The number of para-hydroxylation sites is 1. The van der Waals surface area contributed by atoms with E-state index in [0.29, 0.717) is 31.7 Å². The van der Waals surface area contributed by atoms with Crippen molar-refractivity contribution in [1.82, 2.24) is 29.6 Å². The topological polar surface area (TPSA) is 89.3 Å². The van der Waals surface area contributed by atoms with Gasteiger partial charge in [-0.2, -0.15) is 5.10 Å². The number of aryl methyl sites for hydroxylation is 1. The van der Waals surface area contributed by atoms with Crippen LogP contribution in [0.3, 0.4) is 0 Å². The Bertz CT molecular complexity index is 1570. The van der Waals surface area contributed by atoms with E-state index in [1.165, 1.54) is 0 Å². The van der Waals surface area contributed by atoms with Crippen LogP contribution in [-0.4, -0.2) is 68.8 Å². The van der Waals surface area contributed by atoms with Crippen molar-refractivity contribution < 1.29 is 9.53 Å². The Labute approximate surface area is 208 Å². The van der Waals surface area contributed by atoms with Crippen molar-refractivity contribution in [2.24, 2.45) is 7.05 Å². The molecule has 0 aliphatic carbocycles. The number of fused-ring (bicyclic) bond motifs is 2. The average molecular weight is 480 g/mol. The van der Waals surface area contributed by atoms with Gasteiger partial charge in [-0.05, 0) is 36.4 Å². The Balaban J connectivity index is 1.28. The fraction of sp³-hybridized carbons (Fsp3) is 0.222. The van der Waals surface area contributed by atoms with Crippen molar-refractivity contribution in [3.63, 3.8) is 0 Å². The van der Waals surface area contributed by atoms with Crippen molar-refractivity contribution in [2.45, 2.75) is 0 Å². The van der Waals surface area contributed by atoms with Crippen LogP contribution in [0.25, 0.3) is 33.2 Å². The molecule has 9 nitrogen and oxygen atoms in total. The van der Waals surface area contributed by atoms with Crippen LogP contribution in [0.1, 0.15) is 10.4 Å². The number of hydrogen-bond acceptors (Lipinski definition) is 7. The predicted molar refractivity (Wildman–Crippen MR) is 138 cm³/mol. The summed E-state index contributed by atoms with van der Waals surface area (Å²) in [4.78, 5) is 31.6. The number of pyridine rings is 1. The quantitative estimate of drug-likeness (QED) is 0.389. The van der Waals surface area contributed by atoms with Gasteiger partial charge in [0.2, 0.25) is 0 Å². The molecule has 36 heavy (non-hydrogen) atoms. The molecule has 1 saturated heterocycles. The second kappa shape index (κ2) is 8.92. The van der Waals surface area contributed by atoms with Crippen LogP contribution in [0.5, 0.6) is 5.75 Å². The van der Waals surface area contributed by atoms with Gasteiger partial charge < -0.3 is 14.5 Å². The molecule has 0 saturated carbocycles. The molecule has 1 aliphatic heterocycles. The molecule has 0 spiro atoms. The maximum atomic E-state index is 13.8. The number of ether oxygens (including phenoxy) is 1.